The van der Waals surface area contributed by atoms with Crippen molar-refractivity contribution in [2.75, 3.05) is 7.11 Å². The van der Waals surface area contributed by atoms with Crippen LogP contribution in [0.4, 0.5) is 0 Å². The Labute approximate surface area is 122 Å². The van der Waals surface area contributed by atoms with Gasteiger partial charge in [-0.3, -0.25) is 4.79 Å². The van der Waals surface area contributed by atoms with Crippen molar-refractivity contribution in [3.05, 3.63) is 28.8 Å². The molecule has 0 amide bonds. The molecule has 0 heterocycles. The van der Waals surface area contributed by atoms with Crippen LogP contribution < -0.4 is 4.74 Å². The smallest absolute Gasteiger partial charge is 0.321 e. The number of aliphatic carboxylic acids is 1. The largest absolute Gasteiger partial charge is 0.495 e. The van der Waals surface area contributed by atoms with Gasteiger partial charge in [-0.2, -0.15) is 0 Å². The van der Waals surface area contributed by atoms with Crippen molar-refractivity contribution in [3.8, 4) is 5.75 Å². The van der Waals surface area contributed by atoms with Crippen LogP contribution in [0.15, 0.2) is 18.2 Å². The summed E-state index contributed by atoms with van der Waals surface area (Å²) in [6.45, 7) is 0. The van der Waals surface area contributed by atoms with E-state index < -0.39 is 11.2 Å². The first-order valence-electron chi connectivity index (χ1n) is 6.33. The van der Waals surface area contributed by atoms with Crippen molar-refractivity contribution in [2.24, 2.45) is 0 Å². The highest BCUT2D eigenvalue weighted by molar-refractivity contribution is 8.00. The van der Waals surface area contributed by atoms with Crippen LogP contribution >= 0.6 is 23.4 Å². The highest BCUT2D eigenvalue weighted by atomic mass is 35.5. The van der Waals surface area contributed by atoms with E-state index >= 15 is 0 Å². The van der Waals surface area contributed by atoms with Crippen LogP contribution in [0.3, 0.4) is 0 Å². The minimum Gasteiger partial charge on any atom is -0.495 e. The van der Waals surface area contributed by atoms with E-state index in [9.17, 15) is 9.90 Å². The molecule has 0 spiro atoms. The number of hydrogen-bond acceptors (Lipinski definition) is 3. The first kappa shape index (κ1) is 14.5. The Bertz CT molecular complexity index is 458. The zero-order valence-corrected chi connectivity index (χ0v) is 12.3. The van der Waals surface area contributed by atoms with Gasteiger partial charge in [-0.15, -0.1) is 11.8 Å². The molecule has 1 aliphatic carbocycles. The van der Waals surface area contributed by atoms with E-state index in [2.05, 4.69) is 0 Å². The summed E-state index contributed by atoms with van der Waals surface area (Å²) in [5, 5.41) is 9.76. The zero-order valence-electron chi connectivity index (χ0n) is 10.8. The van der Waals surface area contributed by atoms with Gasteiger partial charge in [0, 0.05) is 5.25 Å². The quantitative estimate of drug-likeness (QED) is 0.887. The van der Waals surface area contributed by atoms with Crippen molar-refractivity contribution in [2.45, 2.75) is 36.2 Å². The van der Waals surface area contributed by atoms with Crippen LogP contribution in [0.2, 0.25) is 5.02 Å². The first-order chi connectivity index (χ1) is 9.11. The summed E-state index contributed by atoms with van der Waals surface area (Å²) in [6, 6.07) is 5.20. The van der Waals surface area contributed by atoms with Gasteiger partial charge in [-0.1, -0.05) is 30.5 Å². The van der Waals surface area contributed by atoms with Gasteiger partial charge in [0.05, 0.1) is 12.1 Å². The molecule has 19 heavy (non-hydrogen) atoms. The lowest BCUT2D eigenvalue weighted by molar-refractivity contribution is -0.136. The van der Waals surface area contributed by atoms with E-state index in [0.29, 0.717) is 16.0 Å². The molecule has 1 N–H and O–H groups in total. The van der Waals surface area contributed by atoms with E-state index in [1.807, 2.05) is 0 Å². The molecule has 5 heteroatoms. The molecule has 0 bridgehead atoms. The Morgan fingerprint density at radius 1 is 1.47 bits per heavy atom. The van der Waals surface area contributed by atoms with Crippen molar-refractivity contribution < 1.29 is 14.6 Å². The van der Waals surface area contributed by atoms with Crippen LogP contribution in [-0.2, 0) is 4.79 Å². The maximum Gasteiger partial charge on any atom is 0.321 e. The third-order valence-corrected chi connectivity index (χ3v) is 5.23. The van der Waals surface area contributed by atoms with Crippen LogP contribution in [0.1, 0.15) is 36.5 Å². The Balaban J connectivity index is 2.18. The number of thioether (sulfide) groups is 1. The average Bonchev–Trinajstić information content (AvgIpc) is 2.88. The van der Waals surface area contributed by atoms with Crippen LogP contribution in [-0.4, -0.2) is 23.4 Å². The predicted octanol–water partition coefficient (Wildman–Crippen LogP) is 4.15. The summed E-state index contributed by atoms with van der Waals surface area (Å²) in [6.07, 6.45) is 4.62. The third kappa shape index (κ3) is 3.57. The molecule has 0 saturated heterocycles. The monoisotopic (exact) mass is 300 g/mol. The Morgan fingerprint density at radius 3 is 2.68 bits per heavy atom. The number of rotatable bonds is 5. The van der Waals surface area contributed by atoms with E-state index in [1.165, 1.54) is 24.6 Å². The lowest BCUT2D eigenvalue weighted by Crippen LogP contribution is -2.12. The molecule has 104 valence electrons. The molecule has 0 aromatic heterocycles. The predicted molar refractivity (Wildman–Crippen MR) is 78.2 cm³/mol. The Hall–Kier alpha value is -0.870. The standard InChI is InChI=1S/C14H17ClO3S/c1-18-12-7-6-9(8-11(12)15)13(14(16)17)19-10-4-2-3-5-10/h6-8,10,13H,2-5H2,1H3,(H,16,17). The minimum absolute atomic E-state index is 0.446. The summed E-state index contributed by atoms with van der Waals surface area (Å²) < 4.78 is 5.09. The van der Waals surface area contributed by atoms with Crippen molar-refractivity contribution >= 4 is 29.3 Å². The fraction of sp³-hybridized carbons (Fsp3) is 0.500. The van der Waals surface area contributed by atoms with Gasteiger partial charge in [-0.25, -0.2) is 0 Å². The maximum absolute atomic E-state index is 11.5. The summed E-state index contributed by atoms with van der Waals surface area (Å²) in [5.41, 5.74) is 0.732. The second-order valence-electron chi connectivity index (χ2n) is 4.65. The number of halogens is 1. The number of carboxylic acids is 1. The average molecular weight is 301 g/mol. The highest BCUT2D eigenvalue weighted by Gasteiger charge is 2.27. The van der Waals surface area contributed by atoms with Gasteiger partial charge in [0.1, 0.15) is 11.0 Å². The number of methoxy groups -OCH3 is 1. The minimum atomic E-state index is -0.807. The molecule has 1 aliphatic rings. The van der Waals surface area contributed by atoms with E-state index in [0.717, 1.165) is 18.4 Å². The van der Waals surface area contributed by atoms with Gasteiger partial charge >= 0.3 is 5.97 Å². The topological polar surface area (TPSA) is 46.5 Å². The van der Waals surface area contributed by atoms with Crippen molar-refractivity contribution in [1.29, 1.82) is 0 Å². The van der Waals surface area contributed by atoms with E-state index in [-0.39, 0.29) is 0 Å². The van der Waals surface area contributed by atoms with Crippen LogP contribution in [0, 0.1) is 0 Å². The fourth-order valence-electron chi connectivity index (χ4n) is 2.34. The number of benzene rings is 1. The van der Waals surface area contributed by atoms with Gasteiger partial charge in [0.2, 0.25) is 0 Å². The molecule has 1 aromatic rings. The van der Waals surface area contributed by atoms with E-state index in [1.54, 1.807) is 25.3 Å². The SMILES string of the molecule is COc1ccc(C(SC2CCCC2)C(=O)O)cc1Cl. The second-order valence-corrected chi connectivity index (χ2v) is 6.47. The first-order valence-corrected chi connectivity index (χ1v) is 7.65. The normalized spacial score (nSPS) is 17.4. The Kier molecular flexibility index (Phi) is 4.99. The number of hydrogen-bond donors (Lipinski definition) is 1. The summed E-state index contributed by atoms with van der Waals surface area (Å²) in [7, 11) is 1.54. The summed E-state index contributed by atoms with van der Waals surface area (Å²) in [4.78, 5) is 11.5. The molecular weight excluding hydrogens is 284 g/mol. The van der Waals surface area contributed by atoms with E-state index in [4.69, 9.17) is 16.3 Å². The molecule has 1 atom stereocenters. The molecule has 1 aromatic carbocycles. The molecule has 1 saturated carbocycles. The third-order valence-electron chi connectivity index (χ3n) is 3.33. The number of ether oxygens (including phenoxy) is 1. The molecule has 1 fully saturated rings. The summed E-state index contributed by atoms with van der Waals surface area (Å²) >= 11 is 7.60. The zero-order chi connectivity index (χ0) is 13.8. The molecule has 3 nitrogen and oxygen atoms in total. The Morgan fingerprint density at radius 2 is 2.16 bits per heavy atom. The highest BCUT2D eigenvalue weighted by Crippen LogP contribution is 2.41. The van der Waals surface area contributed by atoms with Gasteiger partial charge in [0.25, 0.3) is 0 Å². The number of carboxylic acid groups (broad SMARTS) is 1. The van der Waals surface area contributed by atoms with Gasteiger partial charge in [-0.05, 0) is 30.5 Å². The lowest BCUT2D eigenvalue weighted by Gasteiger charge is -2.17. The maximum atomic E-state index is 11.5. The van der Waals surface area contributed by atoms with Crippen molar-refractivity contribution in [1.82, 2.24) is 0 Å². The van der Waals surface area contributed by atoms with Crippen LogP contribution in [0.5, 0.6) is 5.75 Å². The van der Waals surface area contributed by atoms with Gasteiger partial charge in [0.15, 0.2) is 0 Å². The molecule has 0 aliphatic heterocycles. The molecular formula is C14H17ClO3S. The second kappa shape index (κ2) is 6.53. The molecule has 2 rings (SSSR count). The van der Waals surface area contributed by atoms with Crippen molar-refractivity contribution in [3.63, 3.8) is 0 Å². The fourth-order valence-corrected chi connectivity index (χ4v) is 4.02. The lowest BCUT2D eigenvalue weighted by atomic mass is 10.1. The van der Waals surface area contributed by atoms with Gasteiger partial charge < -0.3 is 9.84 Å². The van der Waals surface area contributed by atoms with Crippen LogP contribution in [0.25, 0.3) is 0 Å². The summed E-state index contributed by atoms with van der Waals surface area (Å²) in [5.74, 6) is -0.237. The molecule has 0 radical (unpaired) electrons. The number of carbonyl (C=O) groups is 1. The molecule has 1 unspecified atom stereocenters.